The smallest absolute Gasteiger partial charge is 0.0132 e. The van der Waals surface area contributed by atoms with Crippen molar-refractivity contribution in [1.82, 2.24) is 0 Å². The molecular weight excluding hydrogens is 1240 g/mol. The molecule has 0 N–H and O–H groups in total. The van der Waals surface area contributed by atoms with Gasteiger partial charge >= 0.3 is 0 Å². The van der Waals surface area contributed by atoms with Gasteiger partial charge in [-0.1, -0.05) is 393 Å². The first-order chi connectivity index (χ1) is 47.4. The van der Waals surface area contributed by atoms with Crippen LogP contribution in [0.15, 0.2) is 152 Å². The molecular formula is C103H158. The Labute approximate surface area is 640 Å². The highest BCUT2D eigenvalue weighted by molar-refractivity contribution is 5.41. The maximum absolute atomic E-state index is 2.41. The molecule has 8 aromatic rings. The lowest BCUT2D eigenvalue weighted by Gasteiger charge is -2.27. The fourth-order valence-corrected chi connectivity index (χ4v) is 12.6. The third kappa shape index (κ3) is 37.0. The third-order valence-corrected chi connectivity index (χ3v) is 19.1. The molecule has 0 amide bonds. The number of hydrogen-bond donors (Lipinski definition) is 0. The van der Waals surface area contributed by atoms with Gasteiger partial charge in [0.15, 0.2) is 0 Å². The first kappa shape index (κ1) is 94.8. The minimum absolute atomic E-state index is 0.227. The zero-order valence-corrected chi connectivity index (χ0v) is 74.3. The van der Waals surface area contributed by atoms with Gasteiger partial charge in [-0.15, -0.1) is 0 Å². The summed E-state index contributed by atoms with van der Waals surface area (Å²) in [5.41, 5.74) is 33.5. The minimum atomic E-state index is 0.227. The average Bonchev–Trinajstić information content (AvgIpc) is 0.805. The van der Waals surface area contributed by atoms with Crippen LogP contribution >= 0.6 is 0 Å². The van der Waals surface area contributed by atoms with Crippen LogP contribution in [0.3, 0.4) is 0 Å². The Kier molecular flexibility index (Phi) is 41.7. The van der Waals surface area contributed by atoms with Crippen molar-refractivity contribution in [3.05, 3.63) is 280 Å². The highest BCUT2D eigenvalue weighted by Gasteiger charge is 2.21. The van der Waals surface area contributed by atoms with Gasteiger partial charge < -0.3 is 0 Å². The number of hydrogen-bond acceptors (Lipinski definition) is 0. The second-order valence-corrected chi connectivity index (χ2v) is 36.5. The molecule has 0 heterocycles. The molecule has 0 fully saturated rings. The Hall–Kier alpha value is -6.24. The van der Waals surface area contributed by atoms with Crippen molar-refractivity contribution in [2.24, 2.45) is 11.8 Å². The summed E-state index contributed by atoms with van der Waals surface area (Å²) in [4.78, 5) is 0. The molecule has 0 saturated carbocycles. The number of benzene rings is 8. The van der Waals surface area contributed by atoms with Crippen LogP contribution in [0.1, 0.15) is 395 Å². The Balaban J connectivity index is 0.000000593. The lowest BCUT2D eigenvalue weighted by molar-refractivity contribution is 0.565. The van der Waals surface area contributed by atoms with E-state index in [1.807, 2.05) is 0 Å². The van der Waals surface area contributed by atoms with Gasteiger partial charge in [0.05, 0.1) is 0 Å². The minimum Gasteiger partial charge on any atom is -0.0625 e. The topological polar surface area (TPSA) is 0 Å². The molecule has 0 unspecified atom stereocenters. The molecule has 0 saturated heterocycles. The van der Waals surface area contributed by atoms with E-state index >= 15 is 0 Å². The predicted molar refractivity (Wildman–Crippen MR) is 470 cm³/mol. The SMILES string of the molecule is CC(C)Cc1cc(CC(C)C)cc(C(C)C)c1.CC(C)c1cc(C(C)(C)C)cc(C(C)(C)C)c1.CC(C)c1cc(C(C)C)cc(C(C)C)c1.Cc1cc(C)cc(C(C)C)c1.Cc1cc(C)cc(C(C)C)c1.Cc1ccc(C(C)C)cc1.Cc1ccc(C)c(C(C)C)c1.Cc1cccc(C)c1C(C)C. The van der Waals surface area contributed by atoms with Crippen molar-refractivity contribution in [2.75, 3.05) is 0 Å². The lowest BCUT2D eigenvalue weighted by atomic mass is 9.78. The van der Waals surface area contributed by atoms with Crippen LogP contribution < -0.4 is 0 Å². The molecule has 8 aromatic carbocycles. The summed E-state index contributed by atoms with van der Waals surface area (Å²) in [6.45, 7) is 87.4. The molecule has 0 bridgehead atoms. The summed E-state index contributed by atoms with van der Waals surface area (Å²) >= 11 is 0. The van der Waals surface area contributed by atoms with Crippen molar-refractivity contribution in [2.45, 2.75) is 353 Å². The van der Waals surface area contributed by atoms with Gasteiger partial charge in [-0.2, -0.15) is 0 Å². The Bertz CT molecular complexity index is 3450. The van der Waals surface area contributed by atoms with Crippen LogP contribution in [0.25, 0.3) is 0 Å². The maximum atomic E-state index is 2.41. The predicted octanol–water partition coefficient (Wildman–Crippen LogP) is 32.5. The quantitative estimate of drug-likeness (QED) is 0.102. The van der Waals surface area contributed by atoms with Gasteiger partial charge in [-0.3, -0.25) is 0 Å². The normalized spacial score (nSPS) is 11.4. The van der Waals surface area contributed by atoms with Crippen LogP contribution in [0.4, 0.5) is 0 Å². The van der Waals surface area contributed by atoms with Crippen molar-refractivity contribution in [1.29, 1.82) is 0 Å². The fourth-order valence-electron chi connectivity index (χ4n) is 12.6. The van der Waals surface area contributed by atoms with Crippen LogP contribution in [0.5, 0.6) is 0 Å². The van der Waals surface area contributed by atoms with E-state index in [2.05, 4.69) is 422 Å². The first-order valence-corrected chi connectivity index (χ1v) is 40.2. The zero-order chi connectivity index (χ0) is 79.3. The van der Waals surface area contributed by atoms with Crippen molar-refractivity contribution in [3.8, 4) is 0 Å². The molecule has 103 heavy (non-hydrogen) atoms. The highest BCUT2D eigenvalue weighted by Crippen LogP contribution is 2.34. The Morgan fingerprint density at radius 2 is 0.515 bits per heavy atom. The summed E-state index contributed by atoms with van der Waals surface area (Å²) in [6.07, 6.45) is 2.40. The van der Waals surface area contributed by atoms with E-state index in [9.17, 15) is 0 Å². The highest BCUT2D eigenvalue weighted by atomic mass is 14.3. The van der Waals surface area contributed by atoms with E-state index in [0.29, 0.717) is 59.2 Å². The van der Waals surface area contributed by atoms with Gasteiger partial charge in [0.25, 0.3) is 0 Å². The van der Waals surface area contributed by atoms with Gasteiger partial charge in [-0.05, 0) is 252 Å². The fraction of sp³-hybridized carbons (Fsp3) is 0.534. The van der Waals surface area contributed by atoms with Crippen LogP contribution in [0, 0.1) is 74.1 Å². The van der Waals surface area contributed by atoms with Crippen molar-refractivity contribution in [3.63, 3.8) is 0 Å². The van der Waals surface area contributed by atoms with E-state index in [4.69, 9.17) is 0 Å². The zero-order valence-electron chi connectivity index (χ0n) is 74.3. The van der Waals surface area contributed by atoms with E-state index in [0.717, 1.165) is 11.8 Å². The average molecular weight is 1400 g/mol. The molecule has 0 aliphatic heterocycles. The van der Waals surface area contributed by atoms with Gasteiger partial charge in [-0.25, -0.2) is 0 Å². The van der Waals surface area contributed by atoms with E-state index in [1.165, 1.54) is 141 Å². The Morgan fingerprint density at radius 3 is 0.777 bits per heavy atom. The van der Waals surface area contributed by atoms with Gasteiger partial charge in [0.2, 0.25) is 0 Å². The molecule has 0 radical (unpaired) electrons. The van der Waals surface area contributed by atoms with E-state index < -0.39 is 0 Å². The molecule has 0 heteroatoms. The van der Waals surface area contributed by atoms with Crippen LogP contribution in [-0.2, 0) is 23.7 Å². The van der Waals surface area contributed by atoms with Crippen LogP contribution in [0.2, 0.25) is 0 Å². The molecule has 0 aliphatic carbocycles. The summed E-state index contributed by atoms with van der Waals surface area (Å²) in [6, 6.07) is 56.7. The molecule has 0 nitrogen and oxygen atoms in total. The maximum Gasteiger partial charge on any atom is -0.0132 e. The van der Waals surface area contributed by atoms with Crippen molar-refractivity contribution < 1.29 is 0 Å². The number of aryl methyl sites for hydroxylation is 9. The Morgan fingerprint density at radius 1 is 0.223 bits per heavy atom. The summed E-state index contributed by atoms with van der Waals surface area (Å²) in [5, 5.41) is 0. The summed E-state index contributed by atoms with van der Waals surface area (Å²) in [5.74, 6) is 7.83. The van der Waals surface area contributed by atoms with Crippen LogP contribution in [-0.4, -0.2) is 0 Å². The second-order valence-electron chi connectivity index (χ2n) is 36.5. The van der Waals surface area contributed by atoms with Crippen molar-refractivity contribution >= 4 is 0 Å². The van der Waals surface area contributed by atoms with Gasteiger partial charge in [0.1, 0.15) is 0 Å². The molecule has 0 aliphatic rings. The van der Waals surface area contributed by atoms with E-state index in [1.54, 1.807) is 0 Å². The third-order valence-electron chi connectivity index (χ3n) is 19.1. The monoisotopic (exact) mass is 1400 g/mol. The first-order valence-electron chi connectivity index (χ1n) is 40.2. The summed E-state index contributed by atoms with van der Waals surface area (Å²) < 4.78 is 0. The van der Waals surface area contributed by atoms with E-state index in [-0.39, 0.29) is 10.8 Å². The molecule has 570 valence electrons. The standard InChI is InChI=1S/2C17H28.C15H24.4C11H16.C10H14/c1-12(2)13-9-14(16(3,4)5)11-15(10-13)17(6,7)8;1-12(2)7-15-9-16(8-13(3)4)11-17(10-15)14(5)6;1-10(2)13-7-14(11(3)4)9-15(8-13)12(5)6;2*1-8(2)11-6-9(3)5-10(4)7-11;1-8(2)11-7-9(3)5-6-10(11)4;1-8(2)11-9(3)6-5-7-10(11)4;1-8(2)10-6-4-9(3)5-7-10/h9-12H,1-8H3;9-14H,7-8H2,1-6H3;7-12H,1-6H3;4*5-8H,1-4H3;4-8H,1-3H3. The lowest BCUT2D eigenvalue weighted by Crippen LogP contribution is -2.17. The molecule has 0 spiro atoms. The molecule has 0 aromatic heterocycles. The second kappa shape index (κ2) is 45.3. The van der Waals surface area contributed by atoms with Gasteiger partial charge in [0, 0.05) is 0 Å². The largest absolute Gasteiger partial charge is 0.0625 e. The molecule has 0 atom stereocenters. The molecule has 8 rings (SSSR count). The summed E-state index contributed by atoms with van der Waals surface area (Å²) in [7, 11) is 0. The number of rotatable bonds is 14.